The van der Waals surface area contributed by atoms with Crippen LogP contribution in [0.25, 0.3) is 0 Å². The number of carbonyl (C=O) groups is 2. The Morgan fingerprint density at radius 3 is 2.65 bits per heavy atom. The average molecular weight is 402 g/mol. The number of carbonyl (C=O) groups excluding carboxylic acids is 2. The number of benzene rings is 1. The third-order valence-electron chi connectivity index (χ3n) is 4.25. The second-order valence-electron chi connectivity index (χ2n) is 6.80. The summed E-state index contributed by atoms with van der Waals surface area (Å²) in [6, 6.07) is 4.46. The summed E-state index contributed by atoms with van der Waals surface area (Å²) in [5.41, 5.74) is 0.909. The molecule has 0 aliphatic carbocycles. The lowest BCUT2D eigenvalue weighted by Crippen LogP contribution is -2.53. The molecule has 1 fully saturated rings. The highest BCUT2D eigenvalue weighted by Gasteiger charge is 2.29. The lowest BCUT2D eigenvalue weighted by atomic mass is 10.1. The predicted octanol–water partition coefficient (Wildman–Crippen LogP) is 3.24. The van der Waals surface area contributed by atoms with Gasteiger partial charge in [0.2, 0.25) is 5.91 Å². The fraction of sp³-hybridized carbons (Fsp3) is 0.556. The van der Waals surface area contributed by atoms with Crippen molar-refractivity contribution in [3.8, 4) is 0 Å². The largest absolute Gasteiger partial charge is 0.371 e. The van der Waals surface area contributed by atoms with Gasteiger partial charge in [-0.3, -0.25) is 15.0 Å². The lowest BCUT2D eigenvalue weighted by Gasteiger charge is -2.36. The Morgan fingerprint density at radius 2 is 2.00 bits per heavy atom. The van der Waals surface area contributed by atoms with Crippen LogP contribution >= 0.6 is 23.2 Å². The second-order valence-corrected chi connectivity index (χ2v) is 7.61. The van der Waals surface area contributed by atoms with E-state index in [4.69, 9.17) is 27.9 Å². The molecule has 1 aliphatic heterocycles. The Hall–Kier alpha value is -1.34. The van der Waals surface area contributed by atoms with Crippen LogP contribution in [0, 0.1) is 5.92 Å². The van der Waals surface area contributed by atoms with Gasteiger partial charge in [-0.2, -0.15) is 0 Å². The molecular formula is C18H25Cl2N3O3. The molecule has 1 aliphatic rings. The fourth-order valence-electron chi connectivity index (χ4n) is 2.66. The molecule has 0 bridgehead atoms. The number of amides is 3. The smallest absolute Gasteiger partial charge is 0.321 e. The van der Waals surface area contributed by atoms with E-state index in [1.165, 1.54) is 0 Å². The van der Waals surface area contributed by atoms with Crippen molar-refractivity contribution in [3.63, 3.8) is 0 Å². The van der Waals surface area contributed by atoms with Gasteiger partial charge in [0.1, 0.15) is 0 Å². The van der Waals surface area contributed by atoms with Crippen molar-refractivity contribution in [2.45, 2.75) is 32.9 Å². The number of halogens is 2. The quantitative estimate of drug-likeness (QED) is 0.794. The zero-order chi connectivity index (χ0) is 19.3. The van der Waals surface area contributed by atoms with Crippen molar-refractivity contribution in [2.75, 3.05) is 26.2 Å². The molecule has 1 heterocycles. The van der Waals surface area contributed by atoms with Gasteiger partial charge in [0.15, 0.2) is 0 Å². The van der Waals surface area contributed by atoms with E-state index in [9.17, 15) is 9.59 Å². The summed E-state index contributed by atoms with van der Waals surface area (Å²) in [4.78, 5) is 26.1. The van der Waals surface area contributed by atoms with Crippen LogP contribution in [-0.4, -0.2) is 49.1 Å². The zero-order valence-electron chi connectivity index (χ0n) is 15.2. The fourth-order valence-corrected chi connectivity index (χ4v) is 2.96. The number of rotatable bonds is 5. The Bertz CT molecular complexity index is 655. The molecule has 1 saturated heterocycles. The van der Waals surface area contributed by atoms with E-state index in [0.717, 1.165) is 5.56 Å². The molecule has 2 unspecified atom stereocenters. The van der Waals surface area contributed by atoms with Gasteiger partial charge in [-0.25, -0.2) is 4.79 Å². The number of nitrogens with one attached hydrogen (secondary N) is 2. The molecule has 8 heteroatoms. The highest BCUT2D eigenvalue weighted by Crippen LogP contribution is 2.29. The molecule has 0 radical (unpaired) electrons. The number of imide groups is 1. The van der Waals surface area contributed by atoms with E-state index < -0.39 is 12.1 Å². The van der Waals surface area contributed by atoms with Gasteiger partial charge in [-0.05, 0) is 30.5 Å². The first-order chi connectivity index (χ1) is 12.3. The van der Waals surface area contributed by atoms with Crippen molar-refractivity contribution < 1.29 is 14.3 Å². The van der Waals surface area contributed by atoms with Crippen molar-refractivity contribution >= 4 is 35.1 Å². The average Bonchev–Trinajstić information content (AvgIpc) is 2.61. The highest BCUT2D eigenvalue weighted by molar-refractivity contribution is 6.42. The first-order valence-electron chi connectivity index (χ1n) is 8.67. The SMILES string of the molecule is CC(C)CNC(=O)NC(=O)C(C)N1CCOC(c2ccc(Cl)c(Cl)c2)C1. The van der Waals surface area contributed by atoms with Gasteiger partial charge in [-0.15, -0.1) is 0 Å². The van der Waals surface area contributed by atoms with E-state index in [1.807, 2.05) is 24.8 Å². The minimum Gasteiger partial charge on any atom is -0.371 e. The number of urea groups is 1. The maximum atomic E-state index is 12.3. The first kappa shape index (κ1) is 21.0. The van der Waals surface area contributed by atoms with Gasteiger partial charge < -0.3 is 10.1 Å². The summed E-state index contributed by atoms with van der Waals surface area (Å²) in [7, 11) is 0. The Labute approximate surface area is 164 Å². The van der Waals surface area contributed by atoms with Crippen LogP contribution in [-0.2, 0) is 9.53 Å². The Balaban J connectivity index is 1.94. The van der Waals surface area contributed by atoms with Crippen LogP contribution < -0.4 is 10.6 Å². The van der Waals surface area contributed by atoms with Crippen molar-refractivity contribution in [1.82, 2.24) is 15.5 Å². The van der Waals surface area contributed by atoms with Crippen molar-refractivity contribution in [3.05, 3.63) is 33.8 Å². The topological polar surface area (TPSA) is 70.7 Å². The molecule has 1 aromatic rings. The summed E-state index contributed by atoms with van der Waals surface area (Å²) in [6.45, 7) is 7.90. The maximum absolute atomic E-state index is 12.3. The summed E-state index contributed by atoms with van der Waals surface area (Å²) >= 11 is 12.0. The number of hydrogen-bond acceptors (Lipinski definition) is 4. The van der Waals surface area contributed by atoms with E-state index in [2.05, 4.69) is 10.6 Å². The minimum absolute atomic E-state index is 0.205. The summed E-state index contributed by atoms with van der Waals surface area (Å²) < 4.78 is 5.81. The summed E-state index contributed by atoms with van der Waals surface area (Å²) in [5.74, 6) is -0.0134. The van der Waals surface area contributed by atoms with Gasteiger partial charge >= 0.3 is 6.03 Å². The standard InChI is InChI=1S/C18H25Cl2N3O3/c1-11(2)9-21-18(25)22-17(24)12(3)23-6-7-26-16(10-23)13-4-5-14(19)15(20)8-13/h4-5,8,11-12,16H,6-7,9-10H2,1-3H3,(H2,21,22,24,25). The molecule has 2 N–H and O–H groups in total. The van der Waals surface area contributed by atoms with Crippen LogP contribution in [0.2, 0.25) is 10.0 Å². The molecule has 2 rings (SSSR count). The third kappa shape index (κ3) is 5.84. The van der Waals surface area contributed by atoms with E-state index in [1.54, 1.807) is 19.1 Å². The molecule has 2 atom stereocenters. The van der Waals surface area contributed by atoms with Crippen LogP contribution in [0.1, 0.15) is 32.4 Å². The van der Waals surface area contributed by atoms with Crippen LogP contribution in [0.5, 0.6) is 0 Å². The number of ether oxygens (including phenoxy) is 1. The molecular weight excluding hydrogens is 377 g/mol. The van der Waals surface area contributed by atoms with Crippen LogP contribution in [0.4, 0.5) is 4.79 Å². The van der Waals surface area contributed by atoms with Gasteiger partial charge in [0.05, 0.1) is 28.8 Å². The van der Waals surface area contributed by atoms with Gasteiger partial charge in [0.25, 0.3) is 0 Å². The van der Waals surface area contributed by atoms with Crippen LogP contribution in [0.15, 0.2) is 18.2 Å². The van der Waals surface area contributed by atoms with E-state index >= 15 is 0 Å². The van der Waals surface area contributed by atoms with Crippen molar-refractivity contribution in [1.29, 1.82) is 0 Å². The monoisotopic (exact) mass is 401 g/mol. The zero-order valence-corrected chi connectivity index (χ0v) is 16.7. The Morgan fingerprint density at radius 1 is 1.27 bits per heavy atom. The van der Waals surface area contributed by atoms with Gasteiger partial charge in [-0.1, -0.05) is 43.1 Å². The van der Waals surface area contributed by atoms with E-state index in [-0.39, 0.29) is 12.0 Å². The molecule has 0 saturated carbocycles. The van der Waals surface area contributed by atoms with Crippen LogP contribution in [0.3, 0.4) is 0 Å². The molecule has 6 nitrogen and oxygen atoms in total. The first-order valence-corrected chi connectivity index (χ1v) is 9.42. The third-order valence-corrected chi connectivity index (χ3v) is 4.99. The number of morpholine rings is 1. The lowest BCUT2D eigenvalue weighted by molar-refractivity contribution is -0.128. The Kier molecular flexibility index (Phi) is 7.70. The summed E-state index contributed by atoms with van der Waals surface area (Å²) in [5, 5.41) is 6.03. The molecule has 26 heavy (non-hydrogen) atoms. The normalized spacial score (nSPS) is 19.2. The number of hydrogen-bond donors (Lipinski definition) is 2. The number of nitrogens with zero attached hydrogens (tertiary/aromatic N) is 1. The second kappa shape index (κ2) is 9.55. The minimum atomic E-state index is -0.468. The van der Waals surface area contributed by atoms with Crippen molar-refractivity contribution in [2.24, 2.45) is 5.92 Å². The molecule has 1 aromatic carbocycles. The molecule has 0 aromatic heterocycles. The molecule has 0 spiro atoms. The van der Waals surface area contributed by atoms with Gasteiger partial charge in [0, 0.05) is 19.6 Å². The van der Waals surface area contributed by atoms with E-state index in [0.29, 0.717) is 42.2 Å². The maximum Gasteiger partial charge on any atom is 0.321 e. The molecule has 144 valence electrons. The molecule has 3 amide bonds. The summed E-state index contributed by atoms with van der Waals surface area (Å²) in [6.07, 6.45) is -0.205. The predicted molar refractivity (Wildman–Crippen MR) is 103 cm³/mol. The highest BCUT2D eigenvalue weighted by atomic mass is 35.5.